The van der Waals surface area contributed by atoms with Crippen LogP contribution in [0.15, 0.2) is 54.6 Å². The number of hydrogen-bond donors (Lipinski definition) is 3. The van der Waals surface area contributed by atoms with Crippen molar-refractivity contribution in [3.05, 3.63) is 76.4 Å². The number of aliphatic hydroxyl groups excluding tert-OH is 1. The van der Waals surface area contributed by atoms with Crippen molar-refractivity contribution >= 4 is 29.0 Å². The summed E-state index contributed by atoms with van der Waals surface area (Å²) in [5, 5.41) is 19.8. The smallest absolute Gasteiger partial charge is 0.389 e. The van der Waals surface area contributed by atoms with Crippen molar-refractivity contribution in [1.29, 1.82) is 0 Å². The van der Waals surface area contributed by atoms with Gasteiger partial charge in [-0.1, -0.05) is 35.9 Å². The van der Waals surface area contributed by atoms with Crippen molar-refractivity contribution < 1.29 is 23.1 Å². The molecule has 2 aromatic carbocycles. The largest absolute Gasteiger partial charge is 0.410 e. The average molecular weight is 465 g/mol. The summed E-state index contributed by atoms with van der Waals surface area (Å²) in [6.45, 7) is 1.59. The number of aromatic nitrogens is 2. The van der Waals surface area contributed by atoms with Crippen LogP contribution in [-0.2, 0) is 0 Å². The Hall–Kier alpha value is -3.04. The minimum Gasteiger partial charge on any atom is -0.389 e. The van der Waals surface area contributed by atoms with Gasteiger partial charge in [-0.05, 0) is 42.3 Å². The first-order valence-electron chi connectivity index (χ1n) is 9.89. The molecule has 6 nitrogen and oxygen atoms in total. The third kappa shape index (κ3) is 4.58. The maximum Gasteiger partial charge on any atom is 0.410 e. The van der Waals surface area contributed by atoms with Gasteiger partial charge in [0, 0.05) is 23.2 Å². The van der Waals surface area contributed by atoms with Crippen LogP contribution in [0.2, 0.25) is 5.02 Å². The van der Waals surface area contributed by atoms with Crippen LogP contribution in [0.25, 0.3) is 0 Å². The number of aliphatic hydroxyl groups is 1. The number of rotatable bonds is 4. The molecule has 3 N–H and O–H groups in total. The fraction of sp³-hybridized carbons (Fsp3) is 0.273. The summed E-state index contributed by atoms with van der Waals surface area (Å²) >= 11 is 5.89. The van der Waals surface area contributed by atoms with E-state index in [1.165, 1.54) is 6.07 Å². The first kappa shape index (κ1) is 22.2. The molecule has 3 aromatic rings. The average Bonchev–Trinajstić information content (AvgIpc) is 3.17. The summed E-state index contributed by atoms with van der Waals surface area (Å²) in [5.41, 5.74) is 1.49. The lowest BCUT2D eigenvalue weighted by Gasteiger charge is -2.33. The molecule has 0 radical (unpaired) electrons. The molecule has 1 aliphatic heterocycles. The highest BCUT2D eigenvalue weighted by molar-refractivity contribution is 6.30. The van der Waals surface area contributed by atoms with E-state index in [2.05, 4.69) is 15.7 Å². The lowest BCUT2D eigenvalue weighted by molar-refractivity contribution is -0.173. The van der Waals surface area contributed by atoms with Crippen LogP contribution < -0.4 is 10.6 Å². The number of nitrogens with zero attached hydrogens (tertiary/aromatic N) is 2. The van der Waals surface area contributed by atoms with Gasteiger partial charge in [-0.25, -0.2) is 4.68 Å². The molecule has 4 rings (SSSR count). The van der Waals surface area contributed by atoms with Gasteiger partial charge >= 0.3 is 6.18 Å². The zero-order valence-corrected chi connectivity index (χ0v) is 17.7. The molecule has 0 saturated heterocycles. The van der Waals surface area contributed by atoms with E-state index >= 15 is 0 Å². The minimum absolute atomic E-state index is 0.0985. The van der Waals surface area contributed by atoms with Crippen LogP contribution >= 0.6 is 11.6 Å². The topological polar surface area (TPSA) is 79.2 Å². The number of halogens is 4. The maximum absolute atomic E-state index is 13.8. The number of fused-ring (bicyclic) bond motifs is 1. The van der Waals surface area contributed by atoms with Gasteiger partial charge in [-0.15, -0.1) is 0 Å². The summed E-state index contributed by atoms with van der Waals surface area (Å²) in [6.07, 6.45) is -5.56. The normalized spacial score (nSPS) is 19.1. The predicted molar refractivity (Wildman–Crippen MR) is 115 cm³/mol. The molecule has 0 saturated carbocycles. The summed E-state index contributed by atoms with van der Waals surface area (Å²) in [5.74, 6) is -0.554. The highest BCUT2D eigenvalue weighted by atomic mass is 35.5. The summed E-state index contributed by atoms with van der Waals surface area (Å²) in [4.78, 5) is 12.7. The third-order valence-corrected chi connectivity index (χ3v) is 5.57. The highest BCUT2D eigenvalue weighted by Crippen LogP contribution is 2.43. The van der Waals surface area contributed by atoms with Gasteiger partial charge in [-0.3, -0.25) is 4.79 Å². The van der Waals surface area contributed by atoms with E-state index in [0.29, 0.717) is 21.8 Å². The Morgan fingerprint density at radius 3 is 2.62 bits per heavy atom. The molecule has 10 heteroatoms. The number of carbonyl (C=O) groups is 1. The van der Waals surface area contributed by atoms with Crippen LogP contribution in [0.3, 0.4) is 0 Å². The Morgan fingerprint density at radius 2 is 1.97 bits per heavy atom. The second-order valence-corrected chi connectivity index (χ2v) is 8.09. The van der Waals surface area contributed by atoms with Crippen molar-refractivity contribution in [3.8, 4) is 0 Å². The lowest BCUT2D eigenvalue weighted by atomic mass is 9.97. The number of hydrogen-bond acceptors (Lipinski definition) is 4. The third-order valence-electron chi connectivity index (χ3n) is 5.32. The molecule has 1 aromatic heterocycles. The predicted octanol–water partition coefficient (Wildman–Crippen LogP) is 5.50. The quantitative estimate of drug-likeness (QED) is 0.476. The van der Waals surface area contributed by atoms with Crippen LogP contribution in [0, 0.1) is 0 Å². The lowest BCUT2D eigenvalue weighted by Crippen LogP contribution is -2.35. The Kier molecular flexibility index (Phi) is 5.87. The number of amides is 1. The van der Waals surface area contributed by atoms with Crippen molar-refractivity contribution in [1.82, 2.24) is 9.78 Å². The van der Waals surface area contributed by atoms with E-state index in [4.69, 9.17) is 11.6 Å². The fourth-order valence-electron chi connectivity index (χ4n) is 3.67. The van der Waals surface area contributed by atoms with Gasteiger partial charge in [0.15, 0.2) is 11.7 Å². The van der Waals surface area contributed by atoms with Crippen molar-refractivity contribution in [2.45, 2.75) is 37.7 Å². The summed E-state index contributed by atoms with van der Waals surface area (Å²) < 4.78 is 42.3. The van der Waals surface area contributed by atoms with Crippen LogP contribution in [0.4, 0.5) is 24.7 Å². The molecule has 1 aliphatic rings. The first-order valence-corrected chi connectivity index (χ1v) is 10.3. The second kappa shape index (κ2) is 8.48. The molecule has 0 spiro atoms. The van der Waals surface area contributed by atoms with Gasteiger partial charge in [-0.2, -0.15) is 18.3 Å². The summed E-state index contributed by atoms with van der Waals surface area (Å²) in [7, 11) is 0. The van der Waals surface area contributed by atoms with Gasteiger partial charge in [0.05, 0.1) is 12.1 Å². The standard InChI is InChI=1S/C22H20ClF3N4O2/c1-12(31)14-3-2-4-16(9-14)27-21(32)18-11-20-28-17(13-5-7-15(23)8-6-13)10-19(22(24,25)26)30(20)29-18/h2-9,11-12,17,19,28,31H,10H2,1H3,(H,27,32)/t12-,17-,19-/m0/s1. The van der Waals surface area contributed by atoms with E-state index in [0.717, 1.165) is 4.68 Å². The molecule has 0 unspecified atom stereocenters. The van der Waals surface area contributed by atoms with Crippen molar-refractivity contribution in [2.24, 2.45) is 0 Å². The van der Waals surface area contributed by atoms with Gasteiger partial charge in [0.2, 0.25) is 0 Å². The first-order chi connectivity index (χ1) is 15.1. The molecule has 0 bridgehead atoms. The van der Waals surface area contributed by atoms with Crippen LogP contribution in [0.5, 0.6) is 0 Å². The van der Waals surface area contributed by atoms with Gasteiger partial charge < -0.3 is 15.7 Å². The Bertz CT molecular complexity index is 1130. The molecule has 0 aliphatic carbocycles. The van der Waals surface area contributed by atoms with Gasteiger partial charge in [0.1, 0.15) is 5.82 Å². The zero-order chi connectivity index (χ0) is 23.0. The van der Waals surface area contributed by atoms with E-state index in [9.17, 15) is 23.1 Å². The SMILES string of the molecule is C[C@H](O)c1cccc(NC(=O)c2cc3n(n2)[C@H](C(F)(F)F)C[C@@H](c2ccc(Cl)cc2)N3)c1. The number of benzene rings is 2. The molecule has 1 amide bonds. The van der Waals surface area contributed by atoms with Crippen molar-refractivity contribution in [2.75, 3.05) is 10.6 Å². The second-order valence-electron chi connectivity index (χ2n) is 7.66. The Morgan fingerprint density at radius 1 is 1.25 bits per heavy atom. The van der Waals surface area contributed by atoms with E-state index in [1.54, 1.807) is 55.5 Å². The molecule has 2 heterocycles. The summed E-state index contributed by atoms with van der Waals surface area (Å²) in [6, 6.07) is 11.9. The molecule has 3 atom stereocenters. The van der Waals surface area contributed by atoms with Crippen LogP contribution in [0.1, 0.15) is 53.1 Å². The zero-order valence-electron chi connectivity index (χ0n) is 16.9. The maximum atomic E-state index is 13.8. The van der Waals surface area contributed by atoms with Gasteiger partial charge in [0.25, 0.3) is 5.91 Å². The molecule has 0 fully saturated rings. The molecule has 32 heavy (non-hydrogen) atoms. The molecule has 168 valence electrons. The highest BCUT2D eigenvalue weighted by Gasteiger charge is 2.46. The number of carbonyl (C=O) groups excluding carboxylic acids is 1. The Labute approximate surface area is 187 Å². The molecular weight excluding hydrogens is 445 g/mol. The number of alkyl halides is 3. The molecular formula is C22H20ClF3N4O2. The number of anilines is 2. The van der Waals surface area contributed by atoms with E-state index < -0.39 is 30.3 Å². The van der Waals surface area contributed by atoms with E-state index in [1.807, 2.05) is 0 Å². The fourth-order valence-corrected chi connectivity index (χ4v) is 3.80. The minimum atomic E-state index is -4.55. The van der Waals surface area contributed by atoms with Crippen LogP contribution in [-0.4, -0.2) is 27.0 Å². The number of nitrogens with one attached hydrogen (secondary N) is 2. The van der Waals surface area contributed by atoms with E-state index in [-0.39, 0.29) is 17.9 Å². The monoisotopic (exact) mass is 464 g/mol. The van der Waals surface area contributed by atoms with Crippen molar-refractivity contribution in [3.63, 3.8) is 0 Å². The Balaban J connectivity index is 1.62.